The number of fused-ring (bicyclic) bond motifs is 2. The first-order valence-electron chi connectivity index (χ1n) is 7.58. The molecule has 0 saturated carbocycles. The monoisotopic (exact) mass is 295 g/mol. The van der Waals surface area contributed by atoms with Crippen LogP contribution in [-0.4, -0.2) is 38.0 Å². The Hall–Kier alpha value is -2.33. The van der Waals surface area contributed by atoms with Gasteiger partial charge in [0.25, 0.3) is 5.91 Å². The molecular formula is C18H21N3O. The Bertz CT molecular complexity index is 682. The molecule has 2 aromatic carbocycles. The molecule has 0 atom stereocenters. The van der Waals surface area contributed by atoms with Crippen LogP contribution in [0.4, 0.5) is 17.1 Å². The molecule has 1 N–H and O–H groups in total. The third-order valence-electron chi connectivity index (χ3n) is 3.87. The standard InChI is InChI=1S/C18H21N3O/c1-20(2)12-7-13-21-16-10-5-3-8-14(16)18(22)19-15-9-4-6-11-17(15)21/h3-6,8-11H,7,12-13H2,1-2H3,(H,19,22). The molecule has 1 aliphatic rings. The average Bonchev–Trinajstić information content (AvgIpc) is 2.63. The van der Waals surface area contributed by atoms with Crippen molar-refractivity contribution >= 4 is 23.0 Å². The van der Waals surface area contributed by atoms with Crippen LogP contribution in [0.5, 0.6) is 0 Å². The summed E-state index contributed by atoms with van der Waals surface area (Å²) in [5, 5.41) is 3.02. The van der Waals surface area contributed by atoms with Gasteiger partial charge in [-0.2, -0.15) is 0 Å². The van der Waals surface area contributed by atoms with Gasteiger partial charge in [-0.25, -0.2) is 0 Å². The highest BCUT2D eigenvalue weighted by Crippen LogP contribution is 2.37. The SMILES string of the molecule is CN(C)CCCN1c2ccccc2NC(=O)c2ccccc21. The number of amides is 1. The van der Waals surface area contributed by atoms with Gasteiger partial charge in [0.05, 0.1) is 22.6 Å². The maximum atomic E-state index is 12.4. The van der Waals surface area contributed by atoms with E-state index in [2.05, 4.69) is 35.3 Å². The van der Waals surface area contributed by atoms with Crippen molar-refractivity contribution in [2.45, 2.75) is 6.42 Å². The zero-order valence-electron chi connectivity index (χ0n) is 13.0. The van der Waals surface area contributed by atoms with E-state index in [0.29, 0.717) is 0 Å². The van der Waals surface area contributed by atoms with Crippen molar-refractivity contribution in [2.24, 2.45) is 0 Å². The number of carbonyl (C=O) groups excluding carboxylic acids is 1. The van der Waals surface area contributed by atoms with Crippen LogP contribution in [0.15, 0.2) is 48.5 Å². The molecule has 0 spiro atoms. The van der Waals surface area contributed by atoms with Gasteiger partial charge in [-0.3, -0.25) is 4.79 Å². The smallest absolute Gasteiger partial charge is 0.257 e. The Kier molecular flexibility index (Phi) is 4.11. The van der Waals surface area contributed by atoms with Gasteiger partial charge in [0.2, 0.25) is 0 Å². The third-order valence-corrected chi connectivity index (χ3v) is 3.87. The van der Waals surface area contributed by atoms with E-state index in [1.807, 2.05) is 42.5 Å². The lowest BCUT2D eigenvalue weighted by Crippen LogP contribution is -2.23. The van der Waals surface area contributed by atoms with Gasteiger partial charge in [-0.1, -0.05) is 24.3 Å². The number of nitrogens with zero attached hydrogens (tertiary/aromatic N) is 2. The normalized spacial score (nSPS) is 13.4. The largest absolute Gasteiger partial charge is 0.339 e. The van der Waals surface area contributed by atoms with Crippen molar-refractivity contribution in [1.29, 1.82) is 0 Å². The molecule has 4 heteroatoms. The Balaban J connectivity index is 2.02. The molecule has 0 bridgehead atoms. The van der Waals surface area contributed by atoms with Crippen LogP contribution >= 0.6 is 0 Å². The highest BCUT2D eigenvalue weighted by molar-refractivity contribution is 6.12. The number of hydrogen-bond acceptors (Lipinski definition) is 3. The van der Waals surface area contributed by atoms with E-state index >= 15 is 0 Å². The summed E-state index contributed by atoms with van der Waals surface area (Å²) in [6.45, 7) is 1.89. The fourth-order valence-corrected chi connectivity index (χ4v) is 2.82. The molecule has 1 heterocycles. The van der Waals surface area contributed by atoms with E-state index in [-0.39, 0.29) is 5.91 Å². The predicted octanol–water partition coefficient (Wildman–Crippen LogP) is 3.34. The molecule has 0 saturated heterocycles. The highest BCUT2D eigenvalue weighted by atomic mass is 16.1. The summed E-state index contributed by atoms with van der Waals surface area (Å²) in [6, 6.07) is 15.8. The Morgan fingerprint density at radius 3 is 2.45 bits per heavy atom. The van der Waals surface area contributed by atoms with Gasteiger partial charge in [0.15, 0.2) is 0 Å². The van der Waals surface area contributed by atoms with Crippen molar-refractivity contribution in [3.63, 3.8) is 0 Å². The summed E-state index contributed by atoms with van der Waals surface area (Å²) in [4.78, 5) is 16.9. The fourth-order valence-electron chi connectivity index (χ4n) is 2.82. The first kappa shape index (κ1) is 14.6. The summed E-state index contributed by atoms with van der Waals surface area (Å²) < 4.78 is 0. The summed E-state index contributed by atoms with van der Waals surface area (Å²) in [5.74, 6) is -0.0434. The van der Waals surface area contributed by atoms with Gasteiger partial charge in [0, 0.05) is 6.54 Å². The summed E-state index contributed by atoms with van der Waals surface area (Å²) in [7, 11) is 4.16. The number of rotatable bonds is 4. The van der Waals surface area contributed by atoms with Gasteiger partial charge < -0.3 is 15.1 Å². The number of benzene rings is 2. The molecule has 3 rings (SSSR count). The van der Waals surface area contributed by atoms with Crippen LogP contribution in [0.1, 0.15) is 16.8 Å². The van der Waals surface area contributed by atoms with Crippen molar-refractivity contribution < 1.29 is 4.79 Å². The van der Waals surface area contributed by atoms with E-state index in [9.17, 15) is 4.79 Å². The van der Waals surface area contributed by atoms with E-state index in [1.165, 1.54) is 0 Å². The molecule has 22 heavy (non-hydrogen) atoms. The quantitative estimate of drug-likeness (QED) is 0.939. The summed E-state index contributed by atoms with van der Waals surface area (Å²) >= 11 is 0. The number of para-hydroxylation sites is 3. The lowest BCUT2D eigenvalue weighted by Gasteiger charge is -2.26. The minimum atomic E-state index is -0.0434. The number of hydrogen-bond donors (Lipinski definition) is 1. The lowest BCUT2D eigenvalue weighted by molar-refractivity contribution is 0.102. The highest BCUT2D eigenvalue weighted by Gasteiger charge is 2.24. The van der Waals surface area contributed by atoms with Gasteiger partial charge in [-0.05, 0) is 51.3 Å². The number of anilines is 3. The molecule has 0 fully saturated rings. The molecule has 1 amide bonds. The predicted molar refractivity (Wildman–Crippen MR) is 91.0 cm³/mol. The second-order valence-corrected chi connectivity index (χ2v) is 5.80. The Morgan fingerprint density at radius 2 is 1.68 bits per heavy atom. The van der Waals surface area contributed by atoms with Crippen molar-refractivity contribution in [2.75, 3.05) is 37.4 Å². The molecule has 0 radical (unpaired) electrons. The molecule has 1 aliphatic heterocycles. The van der Waals surface area contributed by atoms with Gasteiger partial charge in [0.1, 0.15) is 0 Å². The molecular weight excluding hydrogens is 274 g/mol. The van der Waals surface area contributed by atoms with Crippen LogP contribution in [0, 0.1) is 0 Å². The molecule has 4 nitrogen and oxygen atoms in total. The van der Waals surface area contributed by atoms with E-state index in [4.69, 9.17) is 0 Å². The zero-order chi connectivity index (χ0) is 15.5. The second kappa shape index (κ2) is 6.20. The van der Waals surface area contributed by atoms with Crippen molar-refractivity contribution in [3.8, 4) is 0 Å². The fraction of sp³-hybridized carbons (Fsp3) is 0.278. The Morgan fingerprint density at radius 1 is 1.00 bits per heavy atom. The Labute approximate surface area is 131 Å². The summed E-state index contributed by atoms with van der Waals surface area (Å²) in [5.41, 5.74) is 3.63. The first-order valence-corrected chi connectivity index (χ1v) is 7.58. The van der Waals surface area contributed by atoms with Gasteiger partial charge in [-0.15, -0.1) is 0 Å². The molecule has 2 aromatic rings. The minimum Gasteiger partial charge on any atom is -0.339 e. The molecule has 114 valence electrons. The maximum Gasteiger partial charge on any atom is 0.257 e. The van der Waals surface area contributed by atoms with Crippen LogP contribution in [0.3, 0.4) is 0 Å². The summed E-state index contributed by atoms with van der Waals surface area (Å²) in [6.07, 6.45) is 1.03. The second-order valence-electron chi connectivity index (χ2n) is 5.80. The maximum absolute atomic E-state index is 12.4. The van der Waals surface area contributed by atoms with Gasteiger partial charge >= 0.3 is 0 Å². The van der Waals surface area contributed by atoms with Crippen LogP contribution in [0.2, 0.25) is 0 Å². The molecule has 0 aromatic heterocycles. The van der Waals surface area contributed by atoms with Crippen molar-refractivity contribution in [3.05, 3.63) is 54.1 Å². The minimum absolute atomic E-state index is 0.0434. The van der Waals surface area contributed by atoms with E-state index < -0.39 is 0 Å². The number of nitrogens with one attached hydrogen (secondary N) is 1. The van der Waals surface area contributed by atoms with Crippen molar-refractivity contribution in [1.82, 2.24) is 4.90 Å². The molecule has 0 aliphatic carbocycles. The number of carbonyl (C=O) groups is 1. The lowest BCUT2D eigenvalue weighted by atomic mass is 10.1. The van der Waals surface area contributed by atoms with E-state index in [1.54, 1.807) is 0 Å². The van der Waals surface area contributed by atoms with Crippen LogP contribution in [0.25, 0.3) is 0 Å². The average molecular weight is 295 g/mol. The third kappa shape index (κ3) is 2.83. The molecule has 0 unspecified atom stereocenters. The zero-order valence-corrected chi connectivity index (χ0v) is 13.0. The van der Waals surface area contributed by atoms with Crippen LogP contribution in [-0.2, 0) is 0 Å². The first-order chi connectivity index (χ1) is 10.7. The van der Waals surface area contributed by atoms with Crippen LogP contribution < -0.4 is 10.2 Å². The topological polar surface area (TPSA) is 35.6 Å². The van der Waals surface area contributed by atoms with E-state index in [0.717, 1.165) is 42.1 Å².